The number of hydrogen-bond donors (Lipinski definition) is 1. The van der Waals surface area contributed by atoms with Crippen LogP contribution in [0, 0.1) is 5.41 Å². The number of aryl methyl sites for hydroxylation is 1. The van der Waals surface area contributed by atoms with E-state index in [0.29, 0.717) is 5.41 Å². The molecule has 0 amide bonds. The highest BCUT2D eigenvalue weighted by atomic mass is 15.1. The van der Waals surface area contributed by atoms with E-state index in [0.717, 1.165) is 13.1 Å². The fourth-order valence-corrected chi connectivity index (χ4v) is 2.46. The highest BCUT2D eigenvalue weighted by molar-refractivity contribution is 4.99. The smallest absolute Gasteiger partial charge is 0.0948 e. The third-order valence-corrected chi connectivity index (χ3v) is 3.68. The first-order valence-electron chi connectivity index (χ1n) is 6.49. The van der Waals surface area contributed by atoms with Crippen molar-refractivity contribution in [1.82, 2.24) is 14.9 Å². The maximum absolute atomic E-state index is 4.18. The minimum absolute atomic E-state index is 0.645. The minimum Gasteiger partial charge on any atom is -0.334 e. The largest absolute Gasteiger partial charge is 0.334 e. The summed E-state index contributed by atoms with van der Waals surface area (Å²) in [4.78, 5) is 4.18. The molecule has 0 radical (unpaired) electrons. The molecule has 1 saturated carbocycles. The Morgan fingerprint density at radius 3 is 2.88 bits per heavy atom. The lowest BCUT2D eigenvalue weighted by molar-refractivity contribution is 0.417. The van der Waals surface area contributed by atoms with Crippen molar-refractivity contribution in [3.05, 3.63) is 18.2 Å². The molecule has 1 heterocycles. The highest BCUT2D eigenvalue weighted by Crippen LogP contribution is 2.48. The van der Waals surface area contributed by atoms with Gasteiger partial charge in [0.2, 0.25) is 0 Å². The molecule has 1 aromatic heterocycles. The van der Waals surface area contributed by atoms with Crippen molar-refractivity contribution in [3.8, 4) is 0 Å². The Morgan fingerprint density at radius 2 is 2.25 bits per heavy atom. The zero-order chi connectivity index (χ0) is 11.4. The summed E-state index contributed by atoms with van der Waals surface area (Å²) in [5.41, 5.74) is 1.95. The second kappa shape index (κ2) is 5.00. The fraction of sp³-hybridized carbons (Fsp3) is 0.769. The first-order valence-corrected chi connectivity index (χ1v) is 6.49. The van der Waals surface area contributed by atoms with Crippen LogP contribution in [0.1, 0.15) is 45.2 Å². The zero-order valence-corrected chi connectivity index (χ0v) is 10.5. The van der Waals surface area contributed by atoms with Gasteiger partial charge in [-0.05, 0) is 31.6 Å². The van der Waals surface area contributed by atoms with E-state index in [1.54, 1.807) is 0 Å². The zero-order valence-electron chi connectivity index (χ0n) is 10.5. The Hall–Kier alpha value is -0.830. The molecular formula is C13H23N3. The van der Waals surface area contributed by atoms with Crippen LogP contribution in [0.25, 0.3) is 0 Å². The summed E-state index contributed by atoms with van der Waals surface area (Å²) in [6.07, 6.45) is 9.41. The molecule has 0 atom stereocenters. The Balaban J connectivity index is 1.76. The Morgan fingerprint density at radius 1 is 1.44 bits per heavy atom. The van der Waals surface area contributed by atoms with Crippen LogP contribution < -0.4 is 5.32 Å². The molecule has 0 unspecified atom stereocenters. The standard InChI is InChI=1S/C13H23N3/c1-3-5-13(6-7-13)10-14-8-12-9-15-11-16(12)4-2/h9,11,14H,3-8,10H2,1-2H3. The summed E-state index contributed by atoms with van der Waals surface area (Å²) in [5.74, 6) is 0. The van der Waals surface area contributed by atoms with Crippen LogP contribution in [0.15, 0.2) is 12.5 Å². The molecule has 3 nitrogen and oxygen atoms in total. The number of aromatic nitrogens is 2. The third kappa shape index (κ3) is 2.64. The molecule has 1 aliphatic carbocycles. The van der Waals surface area contributed by atoms with E-state index in [2.05, 4.69) is 28.7 Å². The fourth-order valence-electron chi connectivity index (χ4n) is 2.46. The molecule has 0 spiro atoms. The number of nitrogens with zero attached hydrogens (tertiary/aromatic N) is 2. The first-order chi connectivity index (χ1) is 7.79. The summed E-state index contributed by atoms with van der Waals surface area (Å²) in [6.45, 7) is 7.59. The molecule has 0 bridgehead atoms. The third-order valence-electron chi connectivity index (χ3n) is 3.68. The van der Waals surface area contributed by atoms with Crippen molar-refractivity contribution in [2.75, 3.05) is 6.54 Å². The van der Waals surface area contributed by atoms with E-state index >= 15 is 0 Å². The van der Waals surface area contributed by atoms with Gasteiger partial charge in [-0.2, -0.15) is 0 Å². The normalized spacial score (nSPS) is 17.6. The van der Waals surface area contributed by atoms with Crippen molar-refractivity contribution in [2.24, 2.45) is 5.41 Å². The van der Waals surface area contributed by atoms with Crippen molar-refractivity contribution >= 4 is 0 Å². The Labute approximate surface area is 98.3 Å². The molecule has 0 saturated heterocycles. The number of hydrogen-bond acceptors (Lipinski definition) is 2. The van der Waals surface area contributed by atoms with E-state index in [-0.39, 0.29) is 0 Å². The maximum Gasteiger partial charge on any atom is 0.0948 e. The molecule has 1 aliphatic rings. The van der Waals surface area contributed by atoms with Gasteiger partial charge in [0.1, 0.15) is 0 Å². The molecule has 1 fully saturated rings. The first kappa shape index (κ1) is 11.6. The predicted octanol–water partition coefficient (Wildman–Crippen LogP) is 2.57. The van der Waals surface area contributed by atoms with E-state index in [9.17, 15) is 0 Å². The van der Waals surface area contributed by atoms with E-state index in [1.807, 2.05) is 12.5 Å². The molecule has 2 rings (SSSR count). The number of nitrogens with one attached hydrogen (secondary N) is 1. The SMILES string of the molecule is CCCC1(CNCc2cncn2CC)CC1. The lowest BCUT2D eigenvalue weighted by atomic mass is 10.0. The van der Waals surface area contributed by atoms with Crippen LogP contribution in [0.3, 0.4) is 0 Å². The van der Waals surface area contributed by atoms with Gasteiger partial charge >= 0.3 is 0 Å². The van der Waals surface area contributed by atoms with Gasteiger partial charge in [-0.1, -0.05) is 13.3 Å². The quantitative estimate of drug-likeness (QED) is 0.767. The predicted molar refractivity (Wildman–Crippen MR) is 66.2 cm³/mol. The van der Waals surface area contributed by atoms with Crippen molar-refractivity contribution in [3.63, 3.8) is 0 Å². The molecular weight excluding hydrogens is 198 g/mol. The van der Waals surface area contributed by atoms with E-state index in [1.165, 1.54) is 37.9 Å². The molecule has 90 valence electrons. The van der Waals surface area contributed by atoms with Gasteiger partial charge in [0.25, 0.3) is 0 Å². The summed E-state index contributed by atoms with van der Waals surface area (Å²) in [7, 11) is 0. The van der Waals surface area contributed by atoms with Crippen molar-refractivity contribution in [2.45, 2.75) is 52.6 Å². The van der Waals surface area contributed by atoms with Gasteiger partial charge in [0.15, 0.2) is 0 Å². The van der Waals surface area contributed by atoms with Crippen LogP contribution in [0.5, 0.6) is 0 Å². The van der Waals surface area contributed by atoms with Gasteiger partial charge in [-0.25, -0.2) is 4.98 Å². The summed E-state index contributed by atoms with van der Waals surface area (Å²) >= 11 is 0. The summed E-state index contributed by atoms with van der Waals surface area (Å²) in [6, 6.07) is 0. The van der Waals surface area contributed by atoms with Gasteiger partial charge in [0.05, 0.1) is 12.0 Å². The molecule has 1 aromatic rings. The molecule has 0 aromatic carbocycles. The van der Waals surface area contributed by atoms with Gasteiger partial charge < -0.3 is 9.88 Å². The topological polar surface area (TPSA) is 29.9 Å². The van der Waals surface area contributed by atoms with Gasteiger partial charge in [0, 0.05) is 25.8 Å². The van der Waals surface area contributed by atoms with Gasteiger partial charge in [-0.15, -0.1) is 0 Å². The lowest BCUT2D eigenvalue weighted by Crippen LogP contribution is -2.24. The van der Waals surface area contributed by atoms with Crippen LogP contribution in [-0.4, -0.2) is 16.1 Å². The van der Waals surface area contributed by atoms with E-state index < -0.39 is 0 Å². The van der Waals surface area contributed by atoms with Crippen LogP contribution in [0.2, 0.25) is 0 Å². The van der Waals surface area contributed by atoms with Crippen LogP contribution in [0.4, 0.5) is 0 Å². The van der Waals surface area contributed by atoms with Crippen LogP contribution in [-0.2, 0) is 13.1 Å². The van der Waals surface area contributed by atoms with Crippen LogP contribution >= 0.6 is 0 Å². The molecule has 0 aliphatic heterocycles. The lowest BCUT2D eigenvalue weighted by Gasteiger charge is -2.15. The summed E-state index contributed by atoms with van der Waals surface area (Å²) < 4.78 is 2.20. The summed E-state index contributed by atoms with van der Waals surface area (Å²) in [5, 5.41) is 3.59. The maximum atomic E-state index is 4.18. The van der Waals surface area contributed by atoms with Crippen molar-refractivity contribution in [1.29, 1.82) is 0 Å². The van der Waals surface area contributed by atoms with E-state index in [4.69, 9.17) is 0 Å². The monoisotopic (exact) mass is 221 g/mol. The average molecular weight is 221 g/mol. The minimum atomic E-state index is 0.645. The molecule has 3 heteroatoms. The Bertz CT molecular complexity index is 326. The molecule has 16 heavy (non-hydrogen) atoms. The second-order valence-corrected chi connectivity index (χ2v) is 5.02. The van der Waals surface area contributed by atoms with Gasteiger partial charge in [-0.3, -0.25) is 0 Å². The second-order valence-electron chi connectivity index (χ2n) is 5.02. The molecule has 1 N–H and O–H groups in total. The highest BCUT2D eigenvalue weighted by Gasteiger charge is 2.40. The van der Waals surface area contributed by atoms with Crippen molar-refractivity contribution < 1.29 is 0 Å². The number of imidazole rings is 1. The number of rotatable bonds is 7. The Kier molecular flexibility index (Phi) is 3.64. The average Bonchev–Trinajstić information content (AvgIpc) is 2.90.